The van der Waals surface area contributed by atoms with Gasteiger partial charge in [-0.25, -0.2) is 4.98 Å². The zero-order chi connectivity index (χ0) is 11.9. The molecule has 0 amide bonds. The number of hydrogen-bond donors (Lipinski definition) is 0. The number of rotatable bonds is 1. The topological polar surface area (TPSA) is 38.1 Å². The number of fused-ring (bicyclic) bond motifs is 1. The third-order valence-corrected chi connectivity index (χ3v) is 3.01. The Hall–Kier alpha value is -1.16. The monoisotopic (exact) mass is 221 g/mol. The molecule has 4 heteroatoms. The third-order valence-electron chi connectivity index (χ3n) is 3.01. The van der Waals surface area contributed by atoms with Gasteiger partial charge in [0.15, 0.2) is 6.29 Å². The molecule has 0 N–H and O–H groups in total. The molecule has 16 heavy (non-hydrogen) atoms. The third kappa shape index (κ3) is 1.78. The summed E-state index contributed by atoms with van der Waals surface area (Å²) in [6.07, 6.45) is 0.875. The molecule has 0 radical (unpaired) electrons. The molecule has 1 aliphatic heterocycles. The van der Waals surface area contributed by atoms with E-state index in [-0.39, 0.29) is 5.41 Å². The highest BCUT2D eigenvalue weighted by atomic mass is 16.1. The minimum absolute atomic E-state index is 0.00801. The fraction of sp³-hybridized carbons (Fsp3) is 0.667. The summed E-state index contributed by atoms with van der Waals surface area (Å²) in [5.74, 6) is 1.03. The Morgan fingerprint density at radius 2 is 2.00 bits per heavy atom. The van der Waals surface area contributed by atoms with E-state index in [0.717, 1.165) is 37.4 Å². The van der Waals surface area contributed by atoms with E-state index in [1.54, 1.807) is 0 Å². The predicted octanol–water partition coefficient (Wildman–Crippen LogP) is 1.44. The smallest absolute Gasteiger partial charge is 0.170 e. The predicted molar refractivity (Wildman–Crippen MR) is 62.6 cm³/mol. The molecule has 0 aromatic carbocycles. The number of likely N-dealkylation sites (N-methyl/N-ethyl adjacent to an activating group) is 1. The van der Waals surface area contributed by atoms with E-state index in [9.17, 15) is 4.79 Å². The summed E-state index contributed by atoms with van der Waals surface area (Å²) >= 11 is 0. The molecule has 0 spiro atoms. The van der Waals surface area contributed by atoms with Crippen molar-refractivity contribution in [2.24, 2.45) is 0 Å². The van der Waals surface area contributed by atoms with Crippen LogP contribution in [0.2, 0.25) is 0 Å². The van der Waals surface area contributed by atoms with Crippen molar-refractivity contribution in [1.29, 1.82) is 0 Å². The first-order valence-electron chi connectivity index (χ1n) is 5.67. The molecule has 2 rings (SSSR count). The van der Waals surface area contributed by atoms with Crippen molar-refractivity contribution in [1.82, 2.24) is 14.5 Å². The van der Waals surface area contributed by atoms with Crippen LogP contribution in [0.15, 0.2) is 0 Å². The molecule has 0 atom stereocenters. The molecule has 0 unspecified atom stereocenters. The first-order valence-corrected chi connectivity index (χ1v) is 5.67. The molecule has 2 heterocycles. The number of hydrogen-bond acceptors (Lipinski definition) is 3. The molecule has 0 saturated heterocycles. The molecule has 1 aromatic heterocycles. The number of aldehydes is 1. The van der Waals surface area contributed by atoms with Gasteiger partial charge in [-0.1, -0.05) is 20.8 Å². The van der Waals surface area contributed by atoms with Gasteiger partial charge in [-0.3, -0.25) is 9.69 Å². The van der Waals surface area contributed by atoms with E-state index < -0.39 is 0 Å². The highest BCUT2D eigenvalue weighted by Crippen LogP contribution is 2.26. The summed E-state index contributed by atoms with van der Waals surface area (Å²) in [5.41, 5.74) is 1.66. The maximum absolute atomic E-state index is 11.0. The number of nitrogens with zero attached hydrogens (tertiary/aromatic N) is 3. The molecule has 1 aliphatic rings. The molecule has 0 fully saturated rings. The van der Waals surface area contributed by atoms with Crippen LogP contribution in [-0.2, 0) is 18.5 Å². The van der Waals surface area contributed by atoms with Crippen LogP contribution in [0.1, 0.15) is 42.8 Å². The van der Waals surface area contributed by atoms with Crippen molar-refractivity contribution in [3.63, 3.8) is 0 Å². The molecular formula is C12H19N3O. The van der Waals surface area contributed by atoms with Crippen LogP contribution in [-0.4, -0.2) is 34.3 Å². The van der Waals surface area contributed by atoms with Crippen molar-refractivity contribution >= 4 is 6.29 Å². The summed E-state index contributed by atoms with van der Waals surface area (Å²) in [5, 5.41) is 0. The van der Waals surface area contributed by atoms with Crippen LogP contribution in [0.5, 0.6) is 0 Å². The number of carbonyl (C=O) groups excluding carboxylic acids is 1. The van der Waals surface area contributed by atoms with E-state index in [1.807, 2.05) is 0 Å². The fourth-order valence-electron chi connectivity index (χ4n) is 2.18. The SMILES string of the molecule is CN1CCn2c(C(C)(C)C)nc(C=O)c2C1. The Morgan fingerprint density at radius 3 is 2.56 bits per heavy atom. The second kappa shape index (κ2) is 3.70. The van der Waals surface area contributed by atoms with Crippen molar-refractivity contribution in [3.05, 3.63) is 17.2 Å². The van der Waals surface area contributed by atoms with E-state index in [1.165, 1.54) is 0 Å². The summed E-state index contributed by atoms with van der Waals surface area (Å²) in [7, 11) is 2.07. The highest BCUT2D eigenvalue weighted by molar-refractivity contribution is 5.74. The lowest BCUT2D eigenvalue weighted by molar-refractivity contribution is 0.111. The van der Waals surface area contributed by atoms with Crippen molar-refractivity contribution in [2.45, 2.75) is 39.3 Å². The standard InChI is InChI=1S/C12H19N3O/c1-12(2,3)11-13-9(8-16)10-7-14(4)5-6-15(10)11/h8H,5-7H2,1-4H3. The normalized spacial score (nSPS) is 17.2. The summed E-state index contributed by atoms with van der Waals surface area (Å²) < 4.78 is 2.21. The van der Waals surface area contributed by atoms with Crippen LogP contribution < -0.4 is 0 Å². The Kier molecular flexibility index (Phi) is 2.62. The molecule has 0 bridgehead atoms. The van der Waals surface area contributed by atoms with Crippen LogP contribution >= 0.6 is 0 Å². The number of imidazole rings is 1. The maximum Gasteiger partial charge on any atom is 0.170 e. The van der Waals surface area contributed by atoms with Gasteiger partial charge in [-0.15, -0.1) is 0 Å². The van der Waals surface area contributed by atoms with Crippen molar-refractivity contribution < 1.29 is 4.79 Å². The fourth-order valence-corrected chi connectivity index (χ4v) is 2.18. The van der Waals surface area contributed by atoms with E-state index in [2.05, 4.69) is 42.3 Å². The van der Waals surface area contributed by atoms with Gasteiger partial charge < -0.3 is 4.57 Å². The highest BCUT2D eigenvalue weighted by Gasteiger charge is 2.28. The van der Waals surface area contributed by atoms with Gasteiger partial charge in [0, 0.05) is 25.0 Å². The van der Waals surface area contributed by atoms with Crippen LogP contribution in [0.25, 0.3) is 0 Å². The second-order valence-corrected chi connectivity index (χ2v) is 5.52. The first kappa shape index (κ1) is 11.3. The van der Waals surface area contributed by atoms with E-state index in [4.69, 9.17) is 0 Å². The zero-order valence-corrected chi connectivity index (χ0v) is 10.4. The average Bonchev–Trinajstić information content (AvgIpc) is 2.55. The summed E-state index contributed by atoms with van der Waals surface area (Å²) in [4.78, 5) is 17.7. The van der Waals surface area contributed by atoms with Crippen molar-refractivity contribution in [3.8, 4) is 0 Å². The molecule has 1 aromatic rings. The molecule has 88 valence electrons. The first-order chi connectivity index (χ1) is 7.43. The van der Waals surface area contributed by atoms with Gasteiger partial charge >= 0.3 is 0 Å². The quantitative estimate of drug-likeness (QED) is 0.673. The van der Waals surface area contributed by atoms with Gasteiger partial charge in [0.2, 0.25) is 0 Å². The zero-order valence-electron chi connectivity index (χ0n) is 10.4. The Labute approximate surface area is 96.3 Å². The molecule has 4 nitrogen and oxygen atoms in total. The minimum Gasteiger partial charge on any atom is -0.328 e. The lowest BCUT2D eigenvalue weighted by Gasteiger charge is -2.28. The Bertz CT molecular complexity index is 415. The lowest BCUT2D eigenvalue weighted by atomic mass is 9.95. The van der Waals surface area contributed by atoms with Gasteiger partial charge in [0.1, 0.15) is 11.5 Å². The Balaban J connectivity index is 2.54. The molecule has 0 saturated carbocycles. The Morgan fingerprint density at radius 1 is 1.31 bits per heavy atom. The largest absolute Gasteiger partial charge is 0.328 e. The number of aromatic nitrogens is 2. The minimum atomic E-state index is -0.00801. The van der Waals surface area contributed by atoms with Gasteiger partial charge in [0.25, 0.3) is 0 Å². The van der Waals surface area contributed by atoms with E-state index in [0.29, 0.717) is 5.69 Å². The number of carbonyl (C=O) groups is 1. The molecule has 0 aliphatic carbocycles. The average molecular weight is 221 g/mol. The summed E-state index contributed by atoms with van der Waals surface area (Å²) in [6.45, 7) is 9.17. The van der Waals surface area contributed by atoms with Crippen LogP contribution in [0.4, 0.5) is 0 Å². The lowest BCUT2D eigenvalue weighted by Crippen LogP contribution is -2.33. The van der Waals surface area contributed by atoms with E-state index >= 15 is 0 Å². The van der Waals surface area contributed by atoms with Crippen molar-refractivity contribution in [2.75, 3.05) is 13.6 Å². The molecular weight excluding hydrogens is 202 g/mol. The summed E-state index contributed by atoms with van der Waals surface area (Å²) in [6, 6.07) is 0. The maximum atomic E-state index is 11.0. The van der Waals surface area contributed by atoms with Gasteiger partial charge in [-0.05, 0) is 7.05 Å². The van der Waals surface area contributed by atoms with Gasteiger partial charge in [-0.2, -0.15) is 0 Å². The van der Waals surface area contributed by atoms with Gasteiger partial charge in [0.05, 0.1) is 5.69 Å². The van der Waals surface area contributed by atoms with Crippen LogP contribution in [0.3, 0.4) is 0 Å². The second-order valence-electron chi connectivity index (χ2n) is 5.52. The van der Waals surface area contributed by atoms with Crippen LogP contribution in [0, 0.1) is 0 Å².